The molecule has 10 heteroatoms. The van der Waals surface area contributed by atoms with Crippen molar-refractivity contribution in [3.05, 3.63) is 0 Å². The van der Waals surface area contributed by atoms with E-state index in [4.69, 9.17) is 4.89 Å². The molecular formula is C2H6AlF4O4P. The van der Waals surface area contributed by atoms with Crippen LogP contribution in [0.1, 0.15) is 0 Å². The summed E-state index contributed by atoms with van der Waals surface area (Å²) in [5, 5.41) is 0. The van der Waals surface area contributed by atoms with E-state index in [0.29, 0.717) is 0 Å². The lowest BCUT2D eigenvalue weighted by molar-refractivity contribution is -0.163. The largest absolute Gasteiger partial charge is 0.503 e. The molecule has 0 aromatic carbocycles. The molecule has 0 spiro atoms. The second-order valence-electron chi connectivity index (χ2n) is 1.43. The van der Waals surface area contributed by atoms with Gasteiger partial charge in [0.05, 0.1) is 0 Å². The van der Waals surface area contributed by atoms with E-state index in [1.165, 1.54) is 0 Å². The summed E-state index contributed by atoms with van der Waals surface area (Å²) in [6.07, 6.45) is -4.79. The normalized spacial score (nSPS) is 16.4. The zero-order valence-electron chi connectivity index (χ0n) is 4.84. The molecule has 0 saturated heterocycles. The Bertz CT molecular complexity index is 171. The molecule has 0 aromatic rings. The molecule has 0 aliphatic carbocycles. The van der Waals surface area contributed by atoms with Gasteiger partial charge >= 0.3 is 14.0 Å². The van der Waals surface area contributed by atoms with Gasteiger partial charge in [0.1, 0.15) is 0 Å². The molecular weight excluding hydrogens is 222 g/mol. The van der Waals surface area contributed by atoms with Gasteiger partial charge in [-0.1, -0.05) is 4.73 Å². The molecule has 0 bridgehead atoms. The van der Waals surface area contributed by atoms with E-state index < -0.39 is 20.6 Å². The van der Waals surface area contributed by atoms with Crippen molar-refractivity contribution in [2.75, 3.05) is 6.61 Å². The van der Waals surface area contributed by atoms with Crippen LogP contribution >= 0.6 is 7.82 Å². The van der Waals surface area contributed by atoms with Gasteiger partial charge in [0.2, 0.25) is 0 Å². The Balaban J connectivity index is 0. The maximum Gasteiger partial charge on any atom is 0.503 e. The maximum absolute atomic E-state index is 11.2. The Morgan fingerprint density at radius 3 is 2.08 bits per heavy atom. The van der Waals surface area contributed by atoms with Crippen molar-refractivity contribution in [3.8, 4) is 0 Å². The second kappa shape index (κ2) is 5.17. The summed E-state index contributed by atoms with van der Waals surface area (Å²) in [6.45, 7) is -2.04. The molecule has 0 saturated carbocycles. The average molecular weight is 228 g/mol. The summed E-state index contributed by atoms with van der Waals surface area (Å²) in [6, 6.07) is 0. The average Bonchev–Trinajstić information content (AvgIpc) is 1.83. The lowest BCUT2D eigenvalue weighted by atomic mass is 10.7. The zero-order valence-corrected chi connectivity index (χ0v) is 5.73. The first kappa shape index (κ1) is 14.9. The van der Waals surface area contributed by atoms with Gasteiger partial charge in [-0.15, -0.1) is 0 Å². The second-order valence-corrected chi connectivity index (χ2v) is 2.76. The summed E-state index contributed by atoms with van der Waals surface area (Å²) in [4.78, 5) is 7.92. The van der Waals surface area contributed by atoms with Crippen LogP contribution in [0.25, 0.3) is 0 Å². The van der Waals surface area contributed by atoms with Gasteiger partial charge in [0.15, 0.2) is 24.0 Å². The molecule has 0 heterocycles. The fourth-order valence-corrected chi connectivity index (χ4v) is 0.524. The van der Waals surface area contributed by atoms with E-state index >= 15 is 0 Å². The zero-order chi connectivity index (χ0) is 9.12. The lowest BCUT2D eigenvalue weighted by Gasteiger charge is -2.08. The Morgan fingerprint density at radius 2 is 1.83 bits per heavy atom. The van der Waals surface area contributed by atoms with Gasteiger partial charge in [-0.2, -0.15) is 13.2 Å². The van der Waals surface area contributed by atoms with Crippen molar-refractivity contribution in [1.29, 1.82) is 0 Å². The molecule has 1 unspecified atom stereocenters. The predicted molar refractivity (Wildman–Crippen MR) is 34.0 cm³/mol. The first-order valence-corrected chi connectivity index (χ1v) is 3.61. The number of phosphoric acid groups is 1. The SMILES string of the molecule is O=P(O)(OF)OCC(F)(F)F.[AlH3]. The number of hydrogen-bond donors (Lipinski definition) is 1. The molecule has 0 amide bonds. The molecule has 4 nitrogen and oxygen atoms in total. The predicted octanol–water partition coefficient (Wildman–Crippen LogP) is 0.383. The number of halogens is 4. The first-order chi connectivity index (χ1) is 4.77. The lowest BCUT2D eigenvalue weighted by Crippen LogP contribution is -2.15. The third-order valence-electron chi connectivity index (χ3n) is 0.479. The molecule has 0 aliphatic rings. The van der Waals surface area contributed by atoms with Crippen molar-refractivity contribution in [2.24, 2.45) is 0 Å². The van der Waals surface area contributed by atoms with Crippen molar-refractivity contribution >= 4 is 25.2 Å². The highest BCUT2D eigenvalue weighted by Gasteiger charge is 2.34. The van der Waals surface area contributed by atoms with Crippen LogP contribution in [-0.4, -0.2) is 35.0 Å². The molecule has 0 aliphatic heterocycles. The van der Waals surface area contributed by atoms with E-state index in [1.54, 1.807) is 0 Å². The third-order valence-corrected chi connectivity index (χ3v) is 1.11. The van der Waals surface area contributed by atoms with Crippen LogP contribution in [0, 0.1) is 0 Å². The number of phosphoric ester groups is 1. The van der Waals surface area contributed by atoms with Gasteiger partial charge in [-0.25, -0.2) is 4.57 Å². The highest BCUT2D eigenvalue weighted by Crippen LogP contribution is 2.44. The van der Waals surface area contributed by atoms with E-state index in [0.717, 1.165) is 0 Å². The van der Waals surface area contributed by atoms with Crippen molar-refractivity contribution in [1.82, 2.24) is 0 Å². The van der Waals surface area contributed by atoms with Crippen LogP contribution < -0.4 is 0 Å². The fourth-order valence-electron chi connectivity index (χ4n) is 0.175. The van der Waals surface area contributed by atoms with Crippen molar-refractivity contribution in [2.45, 2.75) is 6.18 Å². The van der Waals surface area contributed by atoms with Crippen molar-refractivity contribution < 1.29 is 36.4 Å². The summed E-state index contributed by atoms with van der Waals surface area (Å²) in [5.41, 5.74) is 0. The third kappa shape index (κ3) is 8.46. The number of rotatable bonds is 3. The van der Waals surface area contributed by atoms with Crippen LogP contribution in [0.5, 0.6) is 0 Å². The minimum absolute atomic E-state index is 0. The Kier molecular flexibility index (Phi) is 6.40. The summed E-state index contributed by atoms with van der Waals surface area (Å²) in [5.74, 6) is 0. The van der Waals surface area contributed by atoms with Crippen LogP contribution in [-0.2, 0) is 13.8 Å². The molecule has 1 atom stereocenters. The molecule has 74 valence electrons. The fraction of sp³-hybridized carbons (Fsp3) is 1.00. The Morgan fingerprint density at radius 1 is 1.42 bits per heavy atom. The molecule has 12 heavy (non-hydrogen) atoms. The van der Waals surface area contributed by atoms with Gasteiger partial charge in [0, 0.05) is 0 Å². The Labute approximate surface area is 75.1 Å². The van der Waals surface area contributed by atoms with E-state index in [1.807, 2.05) is 0 Å². The van der Waals surface area contributed by atoms with Crippen LogP contribution in [0.4, 0.5) is 17.7 Å². The van der Waals surface area contributed by atoms with Gasteiger partial charge in [0.25, 0.3) is 0 Å². The molecule has 0 fully saturated rings. The van der Waals surface area contributed by atoms with Crippen LogP contribution in [0.2, 0.25) is 0 Å². The monoisotopic (exact) mass is 228 g/mol. The topological polar surface area (TPSA) is 55.8 Å². The van der Waals surface area contributed by atoms with Crippen LogP contribution in [0.3, 0.4) is 0 Å². The van der Waals surface area contributed by atoms with E-state index in [-0.39, 0.29) is 17.4 Å². The number of alkyl halides is 3. The highest BCUT2D eigenvalue weighted by atomic mass is 31.2. The molecule has 1 N–H and O–H groups in total. The quantitative estimate of drug-likeness (QED) is 0.431. The highest BCUT2D eigenvalue weighted by molar-refractivity contribution is 7.47. The van der Waals surface area contributed by atoms with Gasteiger partial charge < -0.3 is 4.89 Å². The Hall–Kier alpha value is 0.362. The maximum atomic E-state index is 11.2. The summed E-state index contributed by atoms with van der Waals surface area (Å²) >= 11 is 0. The van der Waals surface area contributed by atoms with Gasteiger partial charge in [-0.05, 0) is 4.53 Å². The van der Waals surface area contributed by atoms with Crippen LogP contribution in [0.15, 0.2) is 0 Å². The smallest absolute Gasteiger partial charge is 0.301 e. The molecule has 0 radical (unpaired) electrons. The number of hydrogen-bond acceptors (Lipinski definition) is 3. The standard InChI is InChI=1S/C2H3F4O4P.Al.3H/c3-2(4,5)1-9-11(7,8)10-6;;;;/h1H2,(H,7,8);;;;. The van der Waals surface area contributed by atoms with Crippen molar-refractivity contribution in [3.63, 3.8) is 0 Å². The molecule has 0 rings (SSSR count). The van der Waals surface area contributed by atoms with E-state index in [2.05, 4.69) is 9.25 Å². The summed E-state index contributed by atoms with van der Waals surface area (Å²) < 4.78 is 59.6. The first-order valence-electron chi connectivity index (χ1n) is 2.11. The van der Waals surface area contributed by atoms with E-state index in [9.17, 15) is 22.3 Å². The summed E-state index contributed by atoms with van der Waals surface area (Å²) in [7, 11) is -5.16. The molecule has 0 aromatic heterocycles. The minimum atomic E-state index is -5.16. The minimum Gasteiger partial charge on any atom is -0.301 e. The van der Waals surface area contributed by atoms with Gasteiger partial charge in [-0.3, -0.25) is 4.52 Å².